The highest BCUT2D eigenvalue weighted by Gasteiger charge is 2.21. The van der Waals surface area contributed by atoms with Gasteiger partial charge in [0.25, 0.3) is 0 Å². The van der Waals surface area contributed by atoms with E-state index < -0.39 is 0 Å². The number of rotatable bonds is 3. The van der Waals surface area contributed by atoms with Gasteiger partial charge in [0.1, 0.15) is 0 Å². The van der Waals surface area contributed by atoms with Gasteiger partial charge in [-0.3, -0.25) is 0 Å². The Morgan fingerprint density at radius 3 is 2.64 bits per heavy atom. The van der Waals surface area contributed by atoms with Crippen LogP contribution in [0.4, 0.5) is 0 Å². The van der Waals surface area contributed by atoms with Crippen LogP contribution < -0.4 is 0 Å². The molecule has 0 spiro atoms. The molecule has 0 aliphatic carbocycles. The van der Waals surface area contributed by atoms with Gasteiger partial charge in [-0.15, -0.1) is 0 Å². The highest BCUT2D eigenvalue weighted by Crippen LogP contribution is 2.33. The van der Waals surface area contributed by atoms with E-state index in [1.165, 1.54) is 7.11 Å². The summed E-state index contributed by atoms with van der Waals surface area (Å²) in [5.74, 6) is -0.357. The van der Waals surface area contributed by atoms with Gasteiger partial charge < -0.3 is 9.30 Å². The Labute approximate surface area is 173 Å². The highest BCUT2D eigenvalue weighted by atomic mass is 127. The summed E-state index contributed by atoms with van der Waals surface area (Å²) in [7, 11) is 1.39. The predicted molar refractivity (Wildman–Crippen MR) is 113 cm³/mol. The summed E-state index contributed by atoms with van der Waals surface area (Å²) in [6.07, 6.45) is 0. The number of hydrogen-bond donors (Lipinski definition) is 0. The fourth-order valence-electron chi connectivity index (χ4n) is 2.75. The lowest BCUT2D eigenvalue weighted by molar-refractivity contribution is 0.0600. The molecule has 0 bridgehead atoms. The maximum absolute atomic E-state index is 12.2. The van der Waals surface area contributed by atoms with E-state index in [1.807, 2.05) is 60.0 Å². The lowest BCUT2D eigenvalue weighted by Gasteiger charge is -2.15. The number of carbonyl (C=O) groups is 1. The lowest BCUT2D eigenvalue weighted by atomic mass is 10.1. The molecule has 3 nitrogen and oxygen atoms in total. The molecule has 3 aromatic rings. The summed E-state index contributed by atoms with van der Waals surface area (Å²) in [6.45, 7) is 1.91. The third-order valence-corrected chi connectivity index (χ3v) is 5.56. The number of hydrogen-bond acceptors (Lipinski definition) is 2. The molecular weight excluding hydrogens is 516 g/mol. The second-order valence-electron chi connectivity index (χ2n) is 5.46. The van der Waals surface area contributed by atoms with Crippen molar-refractivity contribution in [3.8, 4) is 16.9 Å². The molecule has 1 aromatic heterocycles. The van der Waals surface area contributed by atoms with Crippen molar-refractivity contribution in [1.29, 1.82) is 0 Å². The molecule has 0 aliphatic heterocycles. The number of halogens is 3. The smallest absolute Gasteiger partial charge is 0.339 e. The summed E-state index contributed by atoms with van der Waals surface area (Å²) < 4.78 is 8.99. The zero-order valence-electron chi connectivity index (χ0n) is 13.5. The number of benzene rings is 2. The Balaban J connectivity index is 2.34. The zero-order chi connectivity index (χ0) is 18.1. The summed E-state index contributed by atoms with van der Waals surface area (Å²) in [5, 5.41) is 0.642. The summed E-state index contributed by atoms with van der Waals surface area (Å²) in [5.41, 5.74) is 4.16. The van der Waals surface area contributed by atoms with Gasteiger partial charge in [-0.05, 0) is 71.5 Å². The van der Waals surface area contributed by atoms with Gasteiger partial charge in [-0.25, -0.2) is 4.79 Å². The first-order valence-corrected chi connectivity index (χ1v) is 9.69. The van der Waals surface area contributed by atoms with Gasteiger partial charge in [0.2, 0.25) is 0 Å². The van der Waals surface area contributed by atoms with E-state index in [9.17, 15) is 4.79 Å². The Morgan fingerprint density at radius 1 is 1.20 bits per heavy atom. The molecule has 25 heavy (non-hydrogen) atoms. The molecule has 6 heteroatoms. The van der Waals surface area contributed by atoms with Crippen LogP contribution in [0.1, 0.15) is 16.1 Å². The summed E-state index contributed by atoms with van der Waals surface area (Å²) in [4.78, 5) is 12.2. The molecule has 0 saturated carbocycles. The molecule has 2 aromatic carbocycles. The van der Waals surface area contributed by atoms with Crippen LogP contribution in [-0.4, -0.2) is 17.6 Å². The minimum absolute atomic E-state index is 0.357. The van der Waals surface area contributed by atoms with Crippen LogP contribution in [0, 0.1) is 10.5 Å². The number of aromatic nitrogens is 1. The van der Waals surface area contributed by atoms with Crippen molar-refractivity contribution >= 4 is 56.1 Å². The summed E-state index contributed by atoms with van der Waals surface area (Å²) >= 11 is 12.0. The number of carbonyl (C=O) groups excluding carboxylic acids is 1. The molecule has 0 unspecified atom stereocenters. The van der Waals surface area contributed by atoms with Gasteiger partial charge in [0.15, 0.2) is 0 Å². The minimum Gasteiger partial charge on any atom is -0.465 e. The number of nitrogens with zero attached hydrogens (tertiary/aromatic N) is 1. The number of ether oxygens (including phenoxy) is 1. The van der Waals surface area contributed by atoms with Crippen LogP contribution in [-0.2, 0) is 4.74 Å². The second kappa shape index (κ2) is 7.51. The molecule has 0 radical (unpaired) electrons. The van der Waals surface area contributed by atoms with Crippen LogP contribution in [0.15, 0.2) is 53.0 Å². The van der Waals surface area contributed by atoms with Crippen molar-refractivity contribution in [3.05, 3.63) is 72.9 Å². The predicted octanol–water partition coefficient (Wildman–Crippen LogP) is 6.26. The van der Waals surface area contributed by atoms with E-state index in [1.54, 1.807) is 0 Å². The van der Waals surface area contributed by atoms with Crippen LogP contribution >= 0.6 is 50.1 Å². The van der Waals surface area contributed by atoms with E-state index >= 15 is 0 Å². The Kier molecular flexibility index (Phi) is 5.55. The highest BCUT2D eigenvalue weighted by molar-refractivity contribution is 14.1. The topological polar surface area (TPSA) is 31.2 Å². The maximum Gasteiger partial charge on any atom is 0.339 e. The normalized spacial score (nSPS) is 10.8. The first-order chi connectivity index (χ1) is 11.9. The molecule has 0 amide bonds. The van der Waals surface area contributed by atoms with Gasteiger partial charge in [0, 0.05) is 18.8 Å². The average molecular weight is 531 g/mol. The molecule has 0 fully saturated rings. The molecular formula is C19H14BrClINO2. The van der Waals surface area contributed by atoms with Crippen molar-refractivity contribution in [2.45, 2.75) is 6.92 Å². The van der Waals surface area contributed by atoms with Gasteiger partial charge in [-0.2, -0.15) is 0 Å². The van der Waals surface area contributed by atoms with Crippen LogP contribution in [0.2, 0.25) is 5.02 Å². The van der Waals surface area contributed by atoms with Crippen molar-refractivity contribution < 1.29 is 9.53 Å². The number of methoxy groups -OCH3 is 1. The number of esters is 1. The van der Waals surface area contributed by atoms with Crippen LogP contribution in [0.25, 0.3) is 16.9 Å². The molecule has 128 valence electrons. The Morgan fingerprint density at radius 2 is 1.96 bits per heavy atom. The maximum atomic E-state index is 12.2. The Bertz CT molecular complexity index is 968. The lowest BCUT2D eigenvalue weighted by Crippen LogP contribution is -2.05. The Hall–Kier alpha value is -1.31. The fraction of sp³-hybridized carbons (Fsp3) is 0.105. The molecule has 0 N–H and O–H groups in total. The standard InChI is InChI=1S/C19H14BrClINO2/c1-11-15(19(24)25-2)10-17(12-4-3-5-13(20)8-12)23(11)18-9-14(21)6-7-16(18)22/h3-10H,1-2H3. The molecule has 0 atom stereocenters. The van der Waals surface area contributed by atoms with E-state index in [2.05, 4.69) is 38.5 Å². The van der Waals surface area contributed by atoms with Crippen molar-refractivity contribution in [1.82, 2.24) is 4.57 Å². The second-order valence-corrected chi connectivity index (χ2v) is 7.98. The van der Waals surface area contributed by atoms with Crippen molar-refractivity contribution in [2.75, 3.05) is 7.11 Å². The first kappa shape index (κ1) is 18.5. The van der Waals surface area contributed by atoms with Crippen molar-refractivity contribution in [3.63, 3.8) is 0 Å². The quantitative estimate of drug-likeness (QED) is 0.296. The van der Waals surface area contributed by atoms with Crippen LogP contribution in [0.3, 0.4) is 0 Å². The van der Waals surface area contributed by atoms with E-state index in [0.29, 0.717) is 10.6 Å². The van der Waals surface area contributed by atoms with E-state index in [0.717, 1.165) is 30.7 Å². The third kappa shape index (κ3) is 3.64. The zero-order valence-corrected chi connectivity index (χ0v) is 18.0. The SMILES string of the molecule is COC(=O)c1cc(-c2cccc(Br)c2)n(-c2cc(Cl)ccc2I)c1C. The molecule has 0 aliphatic rings. The van der Waals surface area contributed by atoms with Crippen molar-refractivity contribution in [2.24, 2.45) is 0 Å². The van der Waals surface area contributed by atoms with Crippen LogP contribution in [0.5, 0.6) is 0 Å². The van der Waals surface area contributed by atoms with Gasteiger partial charge in [0.05, 0.1) is 24.1 Å². The minimum atomic E-state index is -0.357. The third-order valence-electron chi connectivity index (χ3n) is 3.92. The molecule has 1 heterocycles. The van der Waals surface area contributed by atoms with Gasteiger partial charge in [-0.1, -0.05) is 39.7 Å². The first-order valence-electron chi connectivity index (χ1n) is 7.44. The fourth-order valence-corrected chi connectivity index (χ4v) is 3.89. The molecule has 0 saturated heterocycles. The largest absolute Gasteiger partial charge is 0.465 e. The summed E-state index contributed by atoms with van der Waals surface area (Å²) in [6, 6.07) is 15.5. The van der Waals surface area contributed by atoms with E-state index in [4.69, 9.17) is 16.3 Å². The average Bonchev–Trinajstić information content (AvgIpc) is 2.93. The van der Waals surface area contributed by atoms with E-state index in [-0.39, 0.29) is 5.97 Å². The monoisotopic (exact) mass is 529 g/mol. The molecule has 3 rings (SSSR count). The van der Waals surface area contributed by atoms with Gasteiger partial charge >= 0.3 is 5.97 Å².